The fourth-order valence-corrected chi connectivity index (χ4v) is 6.55. The zero-order valence-corrected chi connectivity index (χ0v) is 23.7. The summed E-state index contributed by atoms with van der Waals surface area (Å²) in [5.41, 5.74) is 3.33. The first-order valence-corrected chi connectivity index (χ1v) is 15.5. The smallest absolute Gasteiger partial charge is 0.272 e. The van der Waals surface area contributed by atoms with Crippen molar-refractivity contribution in [3.63, 3.8) is 0 Å². The highest BCUT2D eigenvalue weighted by Crippen LogP contribution is 2.25. The molecule has 4 rings (SSSR count). The van der Waals surface area contributed by atoms with Crippen molar-refractivity contribution in [1.82, 2.24) is 24.5 Å². The first-order chi connectivity index (χ1) is 17.6. The predicted octanol–water partition coefficient (Wildman–Crippen LogP) is 3.89. The van der Waals surface area contributed by atoms with E-state index >= 15 is 0 Å². The van der Waals surface area contributed by atoms with Crippen LogP contribution in [0.1, 0.15) is 59.4 Å². The van der Waals surface area contributed by atoms with Crippen molar-refractivity contribution >= 4 is 39.1 Å². The van der Waals surface area contributed by atoms with Crippen LogP contribution in [0.3, 0.4) is 0 Å². The monoisotopic (exact) mass is 567 g/mol. The summed E-state index contributed by atoms with van der Waals surface area (Å²) in [7, 11) is -3.21. The molecule has 2 aliphatic rings. The number of benzene rings is 1. The molecule has 1 aromatic carbocycles. The van der Waals surface area contributed by atoms with Crippen molar-refractivity contribution < 1.29 is 13.2 Å². The van der Waals surface area contributed by atoms with Crippen LogP contribution in [0.2, 0.25) is 10.0 Å². The van der Waals surface area contributed by atoms with Crippen LogP contribution in [0.25, 0.3) is 0 Å². The summed E-state index contributed by atoms with van der Waals surface area (Å²) in [6.45, 7) is 4.96. The Morgan fingerprint density at radius 1 is 1.08 bits per heavy atom. The highest BCUT2D eigenvalue weighted by molar-refractivity contribution is 7.88. The number of nitrogens with one attached hydrogen (secondary N) is 1. The number of hydrogen-bond acceptors (Lipinski definition) is 6. The zero-order valence-electron chi connectivity index (χ0n) is 21.4. The first kappa shape index (κ1) is 28.2. The lowest BCUT2D eigenvalue weighted by molar-refractivity contribution is 0.0561. The molecule has 1 atom stereocenters. The number of halogens is 2. The summed E-state index contributed by atoms with van der Waals surface area (Å²) < 4.78 is 26.0. The van der Waals surface area contributed by atoms with Gasteiger partial charge in [-0.1, -0.05) is 29.3 Å². The maximum atomic E-state index is 13.3. The summed E-state index contributed by atoms with van der Waals surface area (Å²) in [6, 6.07) is 6.00. The molecule has 0 spiro atoms. The van der Waals surface area contributed by atoms with E-state index in [1.165, 1.54) is 12.6 Å². The van der Waals surface area contributed by atoms with Crippen molar-refractivity contribution in [2.75, 3.05) is 32.4 Å². The van der Waals surface area contributed by atoms with Gasteiger partial charge in [-0.05, 0) is 76.1 Å². The molecular formula is C26H35Cl2N5O3S. The van der Waals surface area contributed by atoms with Crippen molar-refractivity contribution in [2.45, 2.75) is 64.0 Å². The number of amides is 1. The van der Waals surface area contributed by atoms with Crippen LogP contribution < -0.4 is 4.72 Å². The van der Waals surface area contributed by atoms with Gasteiger partial charge < -0.3 is 4.90 Å². The molecule has 0 radical (unpaired) electrons. The number of carbonyl (C=O) groups is 1. The van der Waals surface area contributed by atoms with Gasteiger partial charge in [0.2, 0.25) is 10.0 Å². The molecule has 1 amide bonds. The number of piperidine rings is 2. The quantitative estimate of drug-likeness (QED) is 0.520. The highest BCUT2D eigenvalue weighted by atomic mass is 35.5. The maximum absolute atomic E-state index is 13.3. The molecule has 2 saturated heterocycles. The van der Waals surface area contributed by atoms with Crippen LogP contribution in [0.4, 0.5) is 0 Å². The van der Waals surface area contributed by atoms with Gasteiger partial charge in [-0.2, -0.15) is 0 Å². The molecule has 1 aromatic heterocycles. The Bertz CT molecular complexity index is 1220. The van der Waals surface area contributed by atoms with Crippen LogP contribution in [0.15, 0.2) is 24.5 Å². The van der Waals surface area contributed by atoms with Gasteiger partial charge in [-0.15, -0.1) is 0 Å². The summed E-state index contributed by atoms with van der Waals surface area (Å²) in [4.78, 5) is 26.4. The number of sulfonamides is 1. The van der Waals surface area contributed by atoms with E-state index in [1.807, 2.05) is 30.0 Å². The van der Waals surface area contributed by atoms with Gasteiger partial charge in [0.05, 0.1) is 16.3 Å². The summed E-state index contributed by atoms with van der Waals surface area (Å²) >= 11 is 12.1. The standard InChI is InChI=1S/C26H35Cl2N5O3S/c1-18-24(7-3-5-19-8-9-22(27)23(28)15-19)29-17-30-25(18)26(34)32-13-10-21(11-14-32)33-12-4-6-20(16-33)31-37(2,35)36/h8-9,15,17,20-21,31H,3-7,10-14,16H2,1-2H3/t20-/m1/s1. The molecular weight excluding hydrogens is 533 g/mol. The number of rotatable bonds is 8. The van der Waals surface area contributed by atoms with Gasteiger partial charge in [0.15, 0.2) is 0 Å². The lowest BCUT2D eigenvalue weighted by Gasteiger charge is -2.42. The van der Waals surface area contributed by atoms with Crippen molar-refractivity contribution in [3.05, 3.63) is 57.1 Å². The minimum Gasteiger partial charge on any atom is -0.337 e. The van der Waals surface area contributed by atoms with Crippen LogP contribution in [0.5, 0.6) is 0 Å². The largest absolute Gasteiger partial charge is 0.337 e. The van der Waals surface area contributed by atoms with Crippen LogP contribution in [0, 0.1) is 6.92 Å². The highest BCUT2D eigenvalue weighted by Gasteiger charge is 2.32. The van der Waals surface area contributed by atoms with E-state index in [0.29, 0.717) is 34.9 Å². The van der Waals surface area contributed by atoms with E-state index in [1.54, 1.807) is 0 Å². The molecule has 0 saturated carbocycles. The fourth-order valence-electron chi connectivity index (χ4n) is 5.43. The molecule has 1 N–H and O–H groups in total. The number of aryl methyl sites for hydroxylation is 2. The van der Waals surface area contributed by atoms with Crippen LogP contribution in [-0.4, -0.2) is 78.6 Å². The molecule has 3 heterocycles. The Kier molecular flexibility index (Phi) is 9.45. The number of nitrogens with zero attached hydrogens (tertiary/aromatic N) is 4. The van der Waals surface area contributed by atoms with Gasteiger partial charge in [-0.3, -0.25) is 9.69 Å². The summed E-state index contributed by atoms with van der Waals surface area (Å²) in [6.07, 6.45) is 8.75. The lowest BCUT2D eigenvalue weighted by atomic mass is 9.97. The third kappa shape index (κ3) is 7.63. The van der Waals surface area contributed by atoms with Crippen LogP contribution in [-0.2, 0) is 22.9 Å². The average Bonchev–Trinajstić information content (AvgIpc) is 2.86. The normalized spacial score (nSPS) is 19.8. The first-order valence-electron chi connectivity index (χ1n) is 12.9. The molecule has 0 unspecified atom stereocenters. The molecule has 11 heteroatoms. The Morgan fingerprint density at radius 3 is 2.54 bits per heavy atom. The van der Waals surface area contributed by atoms with Crippen molar-refractivity contribution in [2.24, 2.45) is 0 Å². The molecule has 0 aliphatic carbocycles. The Balaban J connectivity index is 1.31. The lowest BCUT2D eigenvalue weighted by Crippen LogP contribution is -2.53. The Morgan fingerprint density at radius 2 is 1.84 bits per heavy atom. The number of hydrogen-bond donors (Lipinski definition) is 1. The third-order valence-corrected chi connectivity index (χ3v) is 8.86. The van der Waals surface area contributed by atoms with E-state index in [2.05, 4.69) is 19.6 Å². The molecule has 202 valence electrons. The van der Waals surface area contributed by atoms with E-state index < -0.39 is 10.0 Å². The second-order valence-corrected chi connectivity index (χ2v) is 12.7. The maximum Gasteiger partial charge on any atom is 0.272 e. The molecule has 2 fully saturated rings. The summed E-state index contributed by atoms with van der Waals surface area (Å²) in [5, 5.41) is 1.10. The van der Waals surface area contributed by atoms with Crippen molar-refractivity contribution in [3.8, 4) is 0 Å². The van der Waals surface area contributed by atoms with E-state index in [0.717, 1.165) is 74.9 Å². The average molecular weight is 569 g/mol. The van der Waals surface area contributed by atoms with Gasteiger partial charge in [0, 0.05) is 43.0 Å². The molecule has 2 aromatic rings. The van der Waals surface area contributed by atoms with Gasteiger partial charge in [-0.25, -0.2) is 23.1 Å². The molecule has 0 bridgehead atoms. The SMILES string of the molecule is Cc1c(CCCc2ccc(Cl)c(Cl)c2)ncnc1C(=O)N1CCC(N2CCC[C@@H](NS(C)(=O)=O)C2)CC1. The number of aromatic nitrogens is 2. The third-order valence-electron chi connectivity index (χ3n) is 7.36. The van der Waals surface area contributed by atoms with Gasteiger partial charge in [0.1, 0.15) is 12.0 Å². The van der Waals surface area contributed by atoms with E-state index in [-0.39, 0.29) is 11.9 Å². The minimum absolute atomic E-state index is 0.0396. The molecule has 37 heavy (non-hydrogen) atoms. The van der Waals surface area contributed by atoms with Crippen LogP contribution >= 0.6 is 23.2 Å². The number of likely N-dealkylation sites (tertiary alicyclic amines) is 2. The van der Waals surface area contributed by atoms with Crippen molar-refractivity contribution in [1.29, 1.82) is 0 Å². The zero-order chi connectivity index (χ0) is 26.6. The second-order valence-electron chi connectivity index (χ2n) is 10.1. The fraction of sp³-hybridized carbons (Fsp3) is 0.577. The second kappa shape index (κ2) is 12.4. The Hall–Kier alpha value is -1.78. The Labute approximate surface area is 229 Å². The molecule has 2 aliphatic heterocycles. The van der Waals surface area contributed by atoms with E-state index in [9.17, 15) is 13.2 Å². The molecule has 8 nitrogen and oxygen atoms in total. The predicted molar refractivity (Wildman–Crippen MR) is 147 cm³/mol. The minimum atomic E-state index is -3.21. The van der Waals surface area contributed by atoms with E-state index in [4.69, 9.17) is 23.2 Å². The van der Waals surface area contributed by atoms with Gasteiger partial charge in [0.25, 0.3) is 5.91 Å². The summed E-state index contributed by atoms with van der Waals surface area (Å²) in [5.74, 6) is -0.0423. The number of carbonyl (C=O) groups excluding carboxylic acids is 1. The topological polar surface area (TPSA) is 95.5 Å². The van der Waals surface area contributed by atoms with Gasteiger partial charge >= 0.3 is 0 Å².